The minimum Gasteiger partial charge on any atom is -0.468 e. The van der Waals surface area contributed by atoms with Crippen LogP contribution in [0, 0.1) is 0 Å². The van der Waals surface area contributed by atoms with Crippen LogP contribution in [0.15, 0.2) is 21.9 Å². The van der Waals surface area contributed by atoms with Gasteiger partial charge in [-0.2, -0.15) is 0 Å². The van der Waals surface area contributed by atoms with Gasteiger partial charge in [0.25, 0.3) is 5.89 Å². The molecule has 2 aromatic heterocycles. The summed E-state index contributed by atoms with van der Waals surface area (Å²) in [6, 6.07) is 3.89. The summed E-state index contributed by atoms with van der Waals surface area (Å²) in [5, 5.41) is 10.1. The third kappa shape index (κ3) is 2.66. The molecule has 0 N–H and O–H groups in total. The maximum atomic E-state index is 12.2. The lowest BCUT2D eigenvalue weighted by atomic mass is 9.95. The van der Waals surface area contributed by atoms with Gasteiger partial charge in [0.2, 0.25) is 5.89 Å². The Morgan fingerprint density at radius 1 is 1.45 bits per heavy atom. The van der Waals surface area contributed by atoms with E-state index in [1.807, 2.05) is 29.5 Å². The predicted octanol–water partition coefficient (Wildman–Crippen LogP) is 2.72. The molecule has 3 rings (SSSR count). The Morgan fingerprint density at radius 3 is 2.86 bits per heavy atom. The average Bonchev–Trinajstić information content (AvgIpc) is 3.26. The summed E-state index contributed by atoms with van der Waals surface area (Å²) in [6.07, 6.45) is 3.68. The first-order chi connectivity index (χ1) is 10.7. The van der Waals surface area contributed by atoms with E-state index in [0.29, 0.717) is 18.3 Å². The van der Waals surface area contributed by atoms with E-state index in [1.165, 1.54) is 7.11 Å². The number of esters is 1. The third-order valence-corrected chi connectivity index (χ3v) is 5.16. The summed E-state index contributed by atoms with van der Waals surface area (Å²) in [4.78, 5) is 15.2. The zero-order chi connectivity index (χ0) is 15.6. The van der Waals surface area contributed by atoms with Crippen molar-refractivity contribution in [3.05, 3.63) is 23.4 Å². The molecule has 1 aliphatic rings. The normalized spacial score (nSPS) is 17.0. The Balaban J connectivity index is 1.76. The molecule has 118 valence electrons. The predicted molar refractivity (Wildman–Crippen MR) is 82.3 cm³/mol. The number of hydrogen-bond donors (Lipinski definition) is 0. The van der Waals surface area contributed by atoms with Crippen LogP contribution in [0.5, 0.6) is 0 Å². The van der Waals surface area contributed by atoms with Crippen LogP contribution < -0.4 is 0 Å². The van der Waals surface area contributed by atoms with E-state index in [2.05, 4.69) is 10.2 Å². The van der Waals surface area contributed by atoms with Gasteiger partial charge in [-0.05, 0) is 31.3 Å². The third-order valence-electron chi connectivity index (χ3n) is 4.30. The smallest absolute Gasteiger partial charge is 0.326 e. The molecule has 0 spiro atoms. The molecule has 1 fully saturated rings. The van der Waals surface area contributed by atoms with Gasteiger partial charge in [-0.25, -0.2) is 0 Å². The summed E-state index contributed by atoms with van der Waals surface area (Å²) < 4.78 is 10.7. The Kier molecular flexibility index (Phi) is 4.26. The van der Waals surface area contributed by atoms with Crippen LogP contribution in [-0.4, -0.2) is 40.8 Å². The van der Waals surface area contributed by atoms with E-state index in [1.54, 1.807) is 11.3 Å². The van der Waals surface area contributed by atoms with Crippen molar-refractivity contribution in [3.63, 3.8) is 0 Å². The number of methoxy groups -OCH3 is 1. The standard InChI is InChI=1S/C15H19N3O3S/c1-18(15(14(19)20-2)7-3-4-8-15)10-12-16-17-13(21-12)11-6-5-9-22-11/h5-6,9H,3-4,7-8,10H2,1-2H3. The molecule has 0 saturated heterocycles. The van der Waals surface area contributed by atoms with E-state index in [9.17, 15) is 4.79 Å². The fourth-order valence-corrected chi connectivity index (χ4v) is 3.71. The highest BCUT2D eigenvalue weighted by Crippen LogP contribution is 2.36. The second-order valence-corrected chi connectivity index (χ2v) is 6.51. The lowest BCUT2D eigenvalue weighted by Gasteiger charge is -2.35. The SMILES string of the molecule is COC(=O)C1(N(C)Cc2nnc(-c3cccs3)o2)CCCC1. The highest BCUT2D eigenvalue weighted by Gasteiger charge is 2.46. The number of nitrogens with zero attached hydrogens (tertiary/aromatic N) is 3. The quantitative estimate of drug-likeness (QED) is 0.789. The van der Waals surface area contributed by atoms with Crippen molar-refractivity contribution in [3.8, 4) is 10.8 Å². The van der Waals surface area contributed by atoms with Crippen LogP contribution in [0.1, 0.15) is 31.6 Å². The lowest BCUT2D eigenvalue weighted by Crippen LogP contribution is -2.51. The minimum absolute atomic E-state index is 0.175. The number of thiophene rings is 1. The van der Waals surface area contributed by atoms with Crippen LogP contribution in [0.2, 0.25) is 0 Å². The van der Waals surface area contributed by atoms with E-state index >= 15 is 0 Å². The van der Waals surface area contributed by atoms with Crippen LogP contribution in [0.25, 0.3) is 10.8 Å². The second kappa shape index (κ2) is 6.18. The number of rotatable bonds is 5. The molecule has 7 heteroatoms. The molecule has 0 unspecified atom stereocenters. The summed E-state index contributed by atoms with van der Waals surface area (Å²) in [6.45, 7) is 0.438. The molecule has 2 heterocycles. The molecule has 22 heavy (non-hydrogen) atoms. The van der Waals surface area contributed by atoms with Crippen molar-refractivity contribution in [2.24, 2.45) is 0 Å². The van der Waals surface area contributed by atoms with Gasteiger partial charge in [-0.3, -0.25) is 9.69 Å². The van der Waals surface area contributed by atoms with Crippen molar-refractivity contribution in [2.45, 2.75) is 37.8 Å². The molecular weight excluding hydrogens is 302 g/mol. The van der Waals surface area contributed by atoms with Crippen molar-refractivity contribution in [1.82, 2.24) is 15.1 Å². The fourth-order valence-electron chi connectivity index (χ4n) is 3.06. The molecule has 1 saturated carbocycles. The topological polar surface area (TPSA) is 68.5 Å². The van der Waals surface area contributed by atoms with Gasteiger partial charge in [-0.15, -0.1) is 21.5 Å². The van der Waals surface area contributed by atoms with Crippen LogP contribution in [0.4, 0.5) is 0 Å². The molecule has 0 atom stereocenters. The maximum absolute atomic E-state index is 12.2. The highest BCUT2D eigenvalue weighted by atomic mass is 32.1. The number of ether oxygens (including phenoxy) is 1. The zero-order valence-electron chi connectivity index (χ0n) is 12.7. The van der Waals surface area contributed by atoms with Crippen LogP contribution in [0.3, 0.4) is 0 Å². The summed E-state index contributed by atoms with van der Waals surface area (Å²) in [5.74, 6) is 0.864. The second-order valence-electron chi connectivity index (χ2n) is 5.56. The largest absolute Gasteiger partial charge is 0.468 e. The first-order valence-corrected chi connectivity index (χ1v) is 8.19. The van der Waals surface area contributed by atoms with E-state index in [0.717, 1.165) is 30.6 Å². The first kappa shape index (κ1) is 15.2. The minimum atomic E-state index is -0.563. The molecule has 0 aliphatic heterocycles. The Bertz CT molecular complexity index is 632. The number of hydrogen-bond acceptors (Lipinski definition) is 7. The van der Waals surface area contributed by atoms with Crippen LogP contribution in [-0.2, 0) is 16.1 Å². The van der Waals surface area contributed by atoms with Crippen molar-refractivity contribution >= 4 is 17.3 Å². The summed E-state index contributed by atoms with van der Waals surface area (Å²) in [7, 11) is 3.36. The molecule has 0 aromatic carbocycles. The van der Waals surface area contributed by atoms with E-state index in [-0.39, 0.29) is 5.97 Å². The number of aromatic nitrogens is 2. The van der Waals surface area contributed by atoms with Gasteiger partial charge in [0.05, 0.1) is 18.5 Å². The number of carbonyl (C=O) groups excluding carboxylic acids is 1. The van der Waals surface area contributed by atoms with Crippen molar-refractivity contribution < 1.29 is 13.9 Å². The summed E-state index contributed by atoms with van der Waals surface area (Å²) >= 11 is 1.56. The van der Waals surface area contributed by atoms with E-state index < -0.39 is 5.54 Å². The first-order valence-electron chi connectivity index (χ1n) is 7.31. The van der Waals surface area contributed by atoms with Gasteiger partial charge >= 0.3 is 5.97 Å². The Labute approximate surface area is 133 Å². The lowest BCUT2D eigenvalue weighted by molar-refractivity contribution is -0.154. The van der Waals surface area contributed by atoms with Gasteiger partial charge in [-0.1, -0.05) is 18.9 Å². The monoisotopic (exact) mass is 321 g/mol. The zero-order valence-corrected chi connectivity index (χ0v) is 13.6. The van der Waals surface area contributed by atoms with Crippen molar-refractivity contribution in [1.29, 1.82) is 0 Å². The van der Waals surface area contributed by atoms with Gasteiger partial charge in [0.15, 0.2) is 0 Å². The van der Waals surface area contributed by atoms with Gasteiger partial charge in [0.1, 0.15) is 5.54 Å². The van der Waals surface area contributed by atoms with Gasteiger partial charge < -0.3 is 9.15 Å². The van der Waals surface area contributed by atoms with Gasteiger partial charge in [0, 0.05) is 0 Å². The number of carbonyl (C=O) groups is 1. The van der Waals surface area contributed by atoms with Crippen LogP contribution >= 0.6 is 11.3 Å². The Morgan fingerprint density at radius 2 is 2.23 bits per heavy atom. The molecule has 2 aromatic rings. The molecule has 1 aliphatic carbocycles. The molecule has 0 bridgehead atoms. The molecule has 6 nitrogen and oxygen atoms in total. The average molecular weight is 321 g/mol. The fraction of sp³-hybridized carbons (Fsp3) is 0.533. The van der Waals surface area contributed by atoms with Crippen molar-refractivity contribution in [2.75, 3.05) is 14.2 Å². The molecule has 0 radical (unpaired) electrons. The highest BCUT2D eigenvalue weighted by molar-refractivity contribution is 7.13. The van der Waals surface area contributed by atoms with E-state index in [4.69, 9.17) is 9.15 Å². The number of likely N-dealkylation sites (N-methyl/N-ethyl adjacent to an activating group) is 1. The molecule has 0 amide bonds. The summed E-state index contributed by atoms with van der Waals surface area (Å²) in [5.41, 5.74) is -0.563. The Hall–Kier alpha value is -1.73. The maximum Gasteiger partial charge on any atom is 0.326 e. The molecular formula is C15H19N3O3S.